The Hall–Kier alpha value is -1.11. The maximum absolute atomic E-state index is 12.4. The second-order valence-electron chi connectivity index (χ2n) is 4.75. The van der Waals surface area contributed by atoms with Crippen molar-refractivity contribution in [1.29, 1.82) is 0 Å². The molecule has 0 unspecified atom stereocenters. The minimum Gasteiger partial charge on any atom is -0.359 e. The first-order chi connectivity index (χ1) is 9.45. The first kappa shape index (κ1) is 15.3. The second kappa shape index (κ2) is 6.11. The van der Waals surface area contributed by atoms with Crippen molar-refractivity contribution >= 4 is 27.5 Å². The fraction of sp³-hybridized carbons (Fsp3) is 0.462. The molecule has 0 aliphatic carbocycles. The fourth-order valence-corrected chi connectivity index (χ4v) is 3.91. The number of hydrogen-bond donors (Lipinski definition) is 1. The van der Waals surface area contributed by atoms with Gasteiger partial charge in [-0.05, 0) is 37.1 Å². The molecule has 0 bridgehead atoms. The highest BCUT2D eigenvalue weighted by Crippen LogP contribution is 2.24. The number of benzene rings is 1. The molecule has 1 fully saturated rings. The minimum absolute atomic E-state index is 0.0199. The second-order valence-corrected chi connectivity index (χ2v) is 7.12. The van der Waals surface area contributed by atoms with Gasteiger partial charge in [-0.15, -0.1) is 0 Å². The highest BCUT2D eigenvalue weighted by Gasteiger charge is 2.31. The van der Waals surface area contributed by atoms with Gasteiger partial charge in [-0.2, -0.15) is 4.31 Å². The Balaban J connectivity index is 2.09. The van der Waals surface area contributed by atoms with Crippen molar-refractivity contribution in [2.45, 2.75) is 17.7 Å². The van der Waals surface area contributed by atoms with E-state index in [1.54, 1.807) is 19.2 Å². The largest absolute Gasteiger partial charge is 0.359 e. The number of hydrogen-bond acceptors (Lipinski definition) is 3. The van der Waals surface area contributed by atoms with Gasteiger partial charge in [0.15, 0.2) is 0 Å². The quantitative estimate of drug-likeness (QED) is 0.918. The lowest BCUT2D eigenvalue weighted by Gasteiger charge is -2.30. The number of sulfonamides is 1. The molecule has 2 rings (SSSR count). The summed E-state index contributed by atoms with van der Waals surface area (Å²) in [4.78, 5) is 11.8. The van der Waals surface area contributed by atoms with Crippen molar-refractivity contribution in [1.82, 2.24) is 9.62 Å². The maximum atomic E-state index is 12.4. The molecule has 1 aromatic carbocycles. The summed E-state index contributed by atoms with van der Waals surface area (Å²) in [6.45, 7) is 0.728. The van der Waals surface area contributed by atoms with Crippen LogP contribution < -0.4 is 5.32 Å². The van der Waals surface area contributed by atoms with Crippen LogP contribution in [-0.2, 0) is 14.8 Å². The Morgan fingerprint density at radius 3 is 2.30 bits per heavy atom. The minimum atomic E-state index is -3.49. The molecule has 7 heteroatoms. The van der Waals surface area contributed by atoms with Gasteiger partial charge in [-0.3, -0.25) is 4.79 Å². The Morgan fingerprint density at radius 2 is 1.80 bits per heavy atom. The summed E-state index contributed by atoms with van der Waals surface area (Å²) in [5, 5.41) is 3.11. The average Bonchev–Trinajstić information content (AvgIpc) is 2.47. The van der Waals surface area contributed by atoms with Crippen LogP contribution in [0.3, 0.4) is 0 Å². The van der Waals surface area contributed by atoms with Crippen LogP contribution in [0.1, 0.15) is 12.8 Å². The van der Waals surface area contributed by atoms with Gasteiger partial charge >= 0.3 is 0 Å². The molecule has 1 heterocycles. The van der Waals surface area contributed by atoms with Gasteiger partial charge in [-0.1, -0.05) is 11.6 Å². The highest BCUT2D eigenvalue weighted by molar-refractivity contribution is 7.89. The van der Waals surface area contributed by atoms with Crippen LogP contribution in [0.4, 0.5) is 0 Å². The molecule has 0 spiro atoms. The molecule has 110 valence electrons. The van der Waals surface area contributed by atoms with Crippen molar-refractivity contribution in [2.24, 2.45) is 5.92 Å². The molecule has 1 aliphatic heterocycles. The third kappa shape index (κ3) is 3.13. The third-order valence-corrected chi connectivity index (χ3v) is 5.69. The Labute approximate surface area is 124 Å². The van der Waals surface area contributed by atoms with Gasteiger partial charge in [0.1, 0.15) is 0 Å². The first-order valence-electron chi connectivity index (χ1n) is 6.42. The van der Waals surface area contributed by atoms with Gasteiger partial charge in [0.2, 0.25) is 15.9 Å². The topological polar surface area (TPSA) is 66.5 Å². The molecule has 1 saturated heterocycles. The predicted molar refractivity (Wildman–Crippen MR) is 77.0 cm³/mol. The number of nitrogens with one attached hydrogen (secondary N) is 1. The van der Waals surface area contributed by atoms with Crippen LogP contribution in [-0.4, -0.2) is 38.8 Å². The Bertz CT molecular complexity index is 578. The van der Waals surface area contributed by atoms with E-state index in [0.29, 0.717) is 31.0 Å². The van der Waals surface area contributed by atoms with Gasteiger partial charge in [0, 0.05) is 31.1 Å². The molecule has 1 amide bonds. The number of rotatable bonds is 3. The molecule has 5 nitrogen and oxygen atoms in total. The molecule has 0 atom stereocenters. The summed E-state index contributed by atoms with van der Waals surface area (Å²) in [5.41, 5.74) is 0. The molecule has 1 aliphatic rings. The first-order valence-corrected chi connectivity index (χ1v) is 8.24. The van der Waals surface area contributed by atoms with Crippen LogP contribution in [0.5, 0.6) is 0 Å². The van der Waals surface area contributed by atoms with E-state index in [1.165, 1.54) is 16.4 Å². The summed E-state index contributed by atoms with van der Waals surface area (Å²) < 4.78 is 26.3. The SMILES string of the molecule is CNC(=O)C1CCN(S(=O)(=O)c2ccc(Cl)cc2)CC1. The normalized spacial score (nSPS) is 17.9. The lowest BCUT2D eigenvalue weighted by Crippen LogP contribution is -2.42. The van der Waals surface area contributed by atoms with E-state index in [-0.39, 0.29) is 16.7 Å². The molecular formula is C13H17ClN2O3S. The summed E-state index contributed by atoms with van der Waals surface area (Å²) in [6.07, 6.45) is 1.10. The van der Waals surface area contributed by atoms with E-state index in [0.717, 1.165) is 0 Å². The van der Waals surface area contributed by atoms with E-state index in [4.69, 9.17) is 11.6 Å². The Morgan fingerprint density at radius 1 is 1.25 bits per heavy atom. The van der Waals surface area contributed by atoms with Crippen LogP contribution in [0.25, 0.3) is 0 Å². The van der Waals surface area contributed by atoms with Crippen molar-refractivity contribution in [2.75, 3.05) is 20.1 Å². The monoisotopic (exact) mass is 316 g/mol. The smallest absolute Gasteiger partial charge is 0.243 e. The zero-order chi connectivity index (χ0) is 14.8. The van der Waals surface area contributed by atoms with Crippen molar-refractivity contribution in [3.05, 3.63) is 29.3 Å². The molecule has 0 radical (unpaired) electrons. The summed E-state index contributed by atoms with van der Waals surface area (Å²) in [6, 6.07) is 6.13. The van der Waals surface area contributed by atoms with E-state index >= 15 is 0 Å². The third-order valence-electron chi connectivity index (χ3n) is 3.52. The predicted octanol–water partition coefficient (Wildman–Crippen LogP) is 1.49. The number of amides is 1. The van der Waals surface area contributed by atoms with Crippen LogP contribution in [0.2, 0.25) is 5.02 Å². The molecule has 0 aromatic heterocycles. The van der Waals surface area contributed by atoms with Gasteiger partial charge < -0.3 is 5.32 Å². The van der Waals surface area contributed by atoms with E-state index < -0.39 is 10.0 Å². The summed E-state index contributed by atoms with van der Waals surface area (Å²) in [5.74, 6) is -0.120. The molecule has 0 saturated carbocycles. The number of carbonyl (C=O) groups is 1. The Kier molecular flexibility index (Phi) is 4.67. The van der Waals surface area contributed by atoms with Crippen LogP contribution >= 0.6 is 11.6 Å². The highest BCUT2D eigenvalue weighted by atomic mass is 35.5. The molecule has 20 heavy (non-hydrogen) atoms. The fourth-order valence-electron chi connectivity index (χ4n) is 2.32. The van der Waals surface area contributed by atoms with Crippen molar-refractivity contribution in [3.8, 4) is 0 Å². The molecule has 1 N–H and O–H groups in total. The van der Waals surface area contributed by atoms with Gasteiger partial charge in [0.05, 0.1) is 4.90 Å². The van der Waals surface area contributed by atoms with Crippen molar-refractivity contribution in [3.63, 3.8) is 0 Å². The lowest BCUT2D eigenvalue weighted by atomic mass is 9.97. The van der Waals surface area contributed by atoms with Crippen LogP contribution in [0.15, 0.2) is 29.2 Å². The lowest BCUT2D eigenvalue weighted by molar-refractivity contribution is -0.125. The summed E-state index contributed by atoms with van der Waals surface area (Å²) >= 11 is 5.76. The van der Waals surface area contributed by atoms with E-state index in [1.807, 2.05) is 0 Å². The number of piperidine rings is 1. The molecular weight excluding hydrogens is 300 g/mol. The molecule has 1 aromatic rings. The number of nitrogens with zero attached hydrogens (tertiary/aromatic N) is 1. The number of carbonyl (C=O) groups excluding carboxylic acids is 1. The average molecular weight is 317 g/mol. The van der Waals surface area contributed by atoms with E-state index in [9.17, 15) is 13.2 Å². The van der Waals surface area contributed by atoms with Gasteiger partial charge in [-0.25, -0.2) is 8.42 Å². The van der Waals surface area contributed by atoms with Crippen LogP contribution in [0, 0.1) is 5.92 Å². The van der Waals surface area contributed by atoms with Crippen molar-refractivity contribution < 1.29 is 13.2 Å². The maximum Gasteiger partial charge on any atom is 0.243 e. The van der Waals surface area contributed by atoms with E-state index in [2.05, 4.69) is 5.32 Å². The zero-order valence-electron chi connectivity index (χ0n) is 11.2. The summed E-state index contributed by atoms with van der Waals surface area (Å²) in [7, 11) is -1.90. The standard InChI is InChI=1S/C13H17ClN2O3S/c1-15-13(17)10-6-8-16(9-7-10)20(18,19)12-4-2-11(14)3-5-12/h2-5,10H,6-9H2,1H3,(H,15,17). The number of halogens is 1. The van der Waals surface area contributed by atoms with Gasteiger partial charge in [0.25, 0.3) is 0 Å². The zero-order valence-corrected chi connectivity index (χ0v) is 12.7.